The topological polar surface area (TPSA) is 32.3 Å². The molecular weight excluding hydrogens is 363 g/mol. The average Bonchev–Trinajstić information content (AvgIpc) is 3.10. The monoisotopic (exact) mass is 380 g/mol. The summed E-state index contributed by atoms with van der Waals surface area (Å²) in [5.74, 6) is 0.0222. The SMILES string of the molecule is O=C(N[C@@H]1CCN(C2CC2)C1)c1ccc(-c2ccc(Cl)c(Cl)c2)s1. The molecule has 1 saturated carbocycles. The summed E-state index contributed by atoms with van der Waals surface area (Å²) in [6.07, 6.45) is 3.68. The normalized spacial score (nSPS) is 21.2. The molecule has 1 aliphatic heterocycles. The van der Waals surface area contributed by atoms with Gasteiger partial charge in [0.1, 0.15) is 0 Å². The smallest absolute Gasteiger partial charge is 0.261 e. The number of halogens is 2. The summed E-state index contributed by atoms with van der Waals surface area (Å²) in [4.78, 5) is 16.7. The lowest BCUT2D eigenvalue weighted by molar-refractivity contribution is 0.0941. The molecule has 1 aromatic carbocycles. The van der Waals surface area contributed by atoms with E-state index in [0.717, 1.165) is 40.9 Å². The highest BCUT2D eigenvalue weighted by Crippen LogP contribution is 2.33. The third-order valence-electron chi connectivity index (χ3n) is 4.65. The van der Waals surface area contributed by atoms with Crippen molar-refractivity contribution in [3.05, 3.63) is 45.3 Å². The van der Waals surface area contributed by atoms with Crippen molar-refractivity contribution in [2.45, 2.75) is 31.3 Å². The maximum Gasteiger partial charge on any atom is 0.261 e. The Morgan fingerprint density at radius 1 is 1.12 bits per heavy atom. The number of benzene rings is 1. The number of nitrogens with one attached hydrogen (secondary N) is 1. The summed E-state index contributed by atoms with van der Waals surface area (Å²) in [7, 11) is 0. The fourth-order valence-corrected chi connectivity index (χ4v) is 4.40. The molecule has 0 spiro atoms. The molecule has 4 rings (SSSR count). The van der Waals surface area contributed by atoms with E-state index >= 15 is 0 Å². The van der Waals surface area contributed by atoms with Gasteiger partial charge in [0, 0.05) is 30.1 Å². The molecule has 2 aliphatic rings. The van der Waals surface area contributed by atoms with Crippen LogP contribution in [0.1, 0.15) is 28.9 Å². The minimum atomic E-state index is 0.0222. The zero-order chi connectivity index (χ0) is 16.7. The van der Waals surface area contributed by atoms with Gasteiger partial charge in [-0.3, -0.25) is 9.69 Å². The molecule has 0 bridgehead atoms. The van der Waals surface area contributed by atoms with E-state index in [1.54, 1.807) is 6.07 Å². The highest BCUT2D eigenvalue weighted by atomic mass is 35.5. The minimum Gasteiger partial charge on any atom is -0.347 e. The molecule has 126 valence electrons. The molecule has 1 atom stereocenters. The molecule has 1 amide bonds. The fourth-order valence-electron chi connectivity index (χ4n) is 3.20. The van der Waals surface area contributed by atoms with Crippen molar-refractivity contribution in [3.8, 4) is 10.4 Å². The molecule has 2 aromatic rings. The standard InChI is InChI=1S/C18H18Cl2N2OS/c19-14-4-1-11(9-15(14)20)16-5-6-17(24-16)18(23)21-12-7-8-22(10-12)13-2-3-13/h1,4-6,9,12-13H,2-3,7-8,10H2,(H,21,23)/t12-/m1/s1. The van der Waals surface area contributed by atoms with Crippen molar-refractivity contribution in [2.24, 2.45) is 0 Å². The Morgan fingerprint density at radius 3 is 2.71 bits per heavy atom. The van der Waals surface area contributed by atoms with Crippen LogP contribution in [-0.4, -0.2) is 36.0 Å². The molecule has 6 heteroatoms. The highest BCUT2D eigenvalue weighted by Gasteiger charge is 2.34. The summed E-state index contributed by atoms with van der Waals surface area (Å²) < 4.78 is 0. The quantitative estimate of drug-likeness (QED) is 0.834. The number of amides is 1. The summed E-state index contributed by atoms with van der Waals surface area (Å²) in [5.41, 5.74) is 0.981. The summed E-state index contributed by atoms with van der Waals surface area (Å²) in [5, 5.41) is 4.24. The minimum absolute atomic E-state index is 0.0222. The molecule has 3 nitrogen and oxygen atoms in total. The predicted octanol–water partition coefficient (Wildman–Crippen LogP) is 4.69. The molecule has 1 aromatic heterocycles. The van der Waals surface area contributed by atoms with Gasteiger partial charge in [-0.2, -0.15) is 0 Å². The number of carbonyl (C=O) groups excluding carboxylic acids is 1. The van der Waals surface area contributed by atoms with Crippen LogP contribution in [0.15, 0.2) is 30.3 Å². The Bertz CT molecular complexity index is 772. The van der Waals surface area contributed by atoms with Crippen molar-refractivity contribution in [3.63, 3.8) is 0 Å². The Labute approximate surface area is 155 Å². The van der Waals surface area contributed by atoms with Crippen LogP contribution in [0.3, 0.4) is 0 Å². The van der Waals surface area contributed by atoms with Crippen LogP contribution in [0.2, 0.25) is 10.0 Å². The van der Waals surface area contributed by atoms with E-state index in [9.17, 15) is 4.79 Å². The van der Waals surface area contributed by atoms with Crippen molar-refractivity contribution >= 4 is 40.4 Å². The van der Waals surface area contributed by atoms with Crippen LogP contribution in [-0.2, 0) is 0 Å². The maximum absolute atomic E-state index is 12.5. The van der Waals surface area contributed by atoms with Gasteiger partial charge >= 0.3 is 0 Å². The number of nitrogens with zero attached hydrogens (tertiary/aromatic N) is 1. The Hall–Kier alpha value is -1.07. The molecule has 1 saturated heterocycles. The number of hydrogen-bond donors (Lipinski definition) is 1. The zero-order valence-electron chi connectivity index (χ0n) is 13.1. The van der Waals surface area contributed by atoms with Crippen molar-refractivity contribution in [1.29, 1.82) is 0 Å². The van der Waals surface area contributed by atoms with Gasteiger partial charge in [-0.15, -0.1) is 11.3 Å². The molecular formula is C18H18Cl2N2OS. The van der Waals surface area contributed by atoms with Crippen LogP contribution in [0.25, 0.3) is 10.4 Å². The van der Waals surface area contributed by atoms with Crippen LogP contribution in [0, 0.1) is 0 Å². The molecule has 24 heavy (non-hydrogen) atoms. The largest absolute Gasteiger partial charge is 0.347 e. The third kappa shape index (κ3) is 3.47. The van der Waals surface area contributed by atoms with E-state index in [4.69, 9.17) is 23.2 Å². The first-order chi connectivity index (χ1) is 11.6. The van der Waals surface area contributed by atoms with Crippen LogP contribution < -0.4 is 5.32 Å². The van der Waals surface area contributed by atoms with E-state index < -0.39 is 0 Å². The van der Waals surface area contributed by atoms with E-state index in [-0.39, 0.29) is 11.9 Å². The van der Waals surface area contributed by atoms with Crippen LogP contribution in [0.5, 0.6) is 0 Å². The molecule has 1 N–H and O–H groups in total. The number of rotatable bonds is 4. The Morgan fingerprint density at radius 2 is 1.96 bits per heavy atom. The van der Waals surface area contributed by atoms with Gasteiger partial charge in [0.05, 0.1) is 14.9 Å². The zero-order valence-corrected chi connectivity index (χ0v) is 15.4. The second kappa shape index (κ2) is 6.68. The van der Waals surface area contributed by atoms with Crippen molar-refractivity contribution < 1.29 is 4.79 Å². The van der Waals surface area contributed by atoms with E-state index in [1.807, 2.05) is 24.3 Å². The summed E-state index contributed by atoms with van der Waals surface area (Å²) >= 11 is 13.5. The van der Waals surface area contributed by atoms with Gasteiger partial charge in [0.2, 0.25) is 0 Å². The number of carbonyl (C=O) groups is 1. The third-order valence-corrected chi connectivity index (χ3v) is 6.52. The molecule has 0 unspecified atom stereocenters. The number of hydrogen-bond acceptors (Lipinski definition) is 3. The molecule has 1 aliphatic carbocycles. The van der Waals surface area contributed by atoms with Gasteiger partial charge in [-0.1, -0.05) is 29.3 Å². The van der Waals surface area contributed by atoms with Crippen molar-refractivity contribution in [2.75, 3.05) is 13.1 Å². The van der Waals surface area contributed by atoms with E-state index in [2.05, 4.69) is 10.2 Å². The highest BCUT2D eigenvalue weighted by molar-refractivity contribution is 7.17. The van der Waals surface area contributed by atoms with Gasteiger partial charge in [0.15, 0.2) is 0 Å². The average molecular weight is 381 g/mol. The second-order valence-corrected chi connectivity index (χ2v) is 8.38. The van der Waals surface area contributed by atoms with Gasteiger partial charge in [-0.25, -0.2) is 0 Å². The summed E-state index contributed by atoms with van der Waals surface area (Å²) in [6.45, 7) is 2.09. The Balaban J connectivity index is 1.42. The van der Waals surface area contributed by atoms with Gasteiger partial charge < -0.3 is 5.32 Å². The lowest BCUT2D eigenvalue weighted by Crippen LogP contribution is -2.37. The molecule has 2 heterocycles. The second-order valence-electron chi connectivity index (χ2n) is 6.48. The lowest BCUT2D eigenvalue weighted by atomic mass is 10.2. The molecule has 0 radical (unpaired) electrons. The predicted molar refractivity (Wildman–Crippen MR) is 100 cm³/mol. The number of likely N-dealkylation sites (tertiary alicyclic amines) is 1. The summed E-state index contributed by atoms with van der Waals surface area (Å²) in [6, 6.07) is 10.4. The number of thiophene rings is 1. The van der Waals surface area contributed by atoms with Crippen LogP contribution in [0.4, 0.5) is 0 Å². The van der Waals surface area contributed by atoms with E-state index in [0.29, 0.717) is 10.0 Å². The first-order valence-corrected chi connectivity index (χ1v) is 9.77. The van der Waals surface area contributed by atoms with Gasteiger partial charge in [-0.05, 0) is 49.1 Å². The van der Waals surface area contributed by atoms with Gasteiger partial charge in [0.25, 0.3) is 5.91 Å². The lowest BCUT2D eigenvalue weighted by Gasteiger charge is -2.15. The van der Waals surface area contributed by atoms with Crippen molar-refractivity contribution in [1.82, 2.24) is 10.2 Å². The molecule has 2 fully saturated rings. The first kappa shape index (κ1) is 16.4. The Kier molecular flexibility index (Phi) is 4.56. The fraction of sp³-hybridized carbons (Fsp3) is 0.389. The van der Waals surface area contributed by atoms with E-state index in [1.165, 1.54) is 24.2 Å². The maximum atomic E-state index is 12.5. The first-order valence-electron chi connectivity index (χ1n) is 8.20. The van der Waals surface area contributed by atoms with Crippen LogP contribution >= 0.6 is 34.5 Å².